The van der Waals surface area contributed by atoms with Gasteiger partial charge in [0, 0.05) is 39.3 Å². The number of nitrogens with one attached hydrogen (secondary N) is 2. The van der Waals surface area contributed by atoms with Gasteiger partial charge in [-0.25, -0.2) is 9.59 Å². The molecule has 1 aliphatic rings. The van der Waals surface area contributed by atoms with E-state index in [1.54, 1.807) is 0 Å². The molecule has 6 heteroatoms. The van der Waals surface area contributed by atoms with E-state index >= 15 is 0 Å². The highest BCUT2D eigenvalue weighted by atomic mass is 16.2. The van der Waals surface area contributed by atoms with E-state index < -0.39 is 0 Å². The lowest BCUT2D eigenvalue weighted by molar-refractivity contribution is -0.0157. The maximum atomic E-state index is 12.4. The van der Waals surface area contributed by atoms with Crippen LogP contribution in [0.2, 0.25) is 0 Å². The maximum Gasteiger partial charge on any atom is 0.317 e. The fourth-order valence-corrected chi connectivity index (χ4v) is 4.17. The van der Waals surface area contributed by atoms with Crippen LogP contribution in [-0.2, 0) is 0 Å². The number of amides is 4. The molecule has 1 fully saturated rings. The first-order chi connectivity index (χ1) is 13.3. The zero-order valence-corrected chi connectivity index (χ0v) is 19.1. The highest BCUT2D eigenvalue weighted by Gasteiger charge is 2.47. The first-order valence-corrected chi connectivity index (χ1v) is 11.4. The third-order valence-corrected chi connectivity index (χ3v) is 6.22. The second kappa shape index (κ2) is 12.2. The summed E-state index contributed by atoms with van der Waals surface area (Å²) in [4.78, 5) is 28.7. The van der Waals surface area contributed by atoms with Crippen LogP contribution in [0.1, 0.15) is 73.6 Å². The van der Waals surface area contributed by atoms with Gasteiger partial charge in [-0.15, -0.1) is 0 Å². The molecule has 2 unspecified atom stereocenters. The standard InChI is InChI=1S/C22H44N4O2/c1-7-11-25(12-8-2)20(27)23-16-18-15-19(22(18,5)6)17-24-21(28)26(13-9-3)14-10-4/h18-19H,7-17H2,1-6H3,(H,23,27)(H,24,28). The predicted molar refractivity (Wildman–Crippen MR) is 116 cm³/mol. The molecule has 1 rings (SSSR count). The summed E-state index contributed by atoms with van der Waals surface area (Å²) in [5, 5.41) is 6.28. The zero-order chi connectivity index (χ0) is 21.2. The molecule has 0 bridgehead atoms. The smallest absolute Gasteiger partial charge is 0.317 e. The summed E-state index contributed by atoms with van der Waals surface area (Å²) >= 11 is 0. The highest BCUT2D eigenvalue weighted by molar-refractivity contribution is 5.74. The normalized spacial score (nSPS) is 20.2. The van der Waals surface area contributed by atoms with Gasteiger partial charge >= 0.3 is 12.1 Å². The monoisotopic (exact) mass is 396 g/mol. The molecule has 2 N–H and O–H groups in total. The Labute approximate surface area is 172 Å². The molecule has 0 aromatic heterocycles. The van der Waals surface area contributed by atoms with Gasteiger partial charge in [0.1, 0.15) is 0 Å². The molecular weight excluding hydrogens is 352 g/mol. The molecule has 0 spiro atoms. The number of hydrogen-bond acceptors (Lipinski definition) is 2. The van der Waals surface area contributed by atoms with Gasteiger partial charge in [-0.1, -0.05) is 41.5 Å². The van der Waals surface area contributed by atoms with Gasteiger partial charge < -0.3 is 20.4 Å². The van der Waals surface area contributed by atoms with Crippen LogP contribution in [0.5, 0.6) is 0 Å². The SMILES string of the molecule is CCCN(CCC)C(=O)NCC1CC(CNC(=O)N(CCC)CCC)C1(C)C. The van der Waals surface area contributed by atoms with Crippen molar-refractivity contribution >= 4 is 12.1 Å². The minimum absolute atomic E-state index is 0.0611. The fourth-order valence-electron chi connectivity index (χ4n) is 4.17. The van der Waals surface area contributed by atoms with E-state index in [9.17, 15) is 9.59 Å². The number of carbonyl (C=O) groups excluding carboxylic acids is 2. The quantitative estimate of drug-likeness (QED) is 0.516. The van der Waals surface area contributed by atoms with Crippen molar-refractivity contribution < 1.29 is 9.59 Å². The van der Waals surface area contributed by atoms with Crippen molar-refractivity contribution in [2.24, 2.45) is 17.3 Å². The van der Waals surface area contributed by atoms with Crippen LogP contribution >= 0.6 is 0 Å². The number of hydrogen-bond donors (Lipinski definition) is 2. The minimum Gasteiger partial charge on any atom is -0.338 e. The molecule has 2 atom stereocenters. The first-order valence-electron chi connectivity index (χ1n) is 11.4. The van der Waals surface area contributed by atoms with Gasteiger partial charge in [0.05, 0.1) is 0 Å². The molecule has 0 saturated heterocycles. The minimum atomic E-state index is 0.0611. The summed E-state index contributed by atoms with van der Waals surface area (Å²) in [6.07, 6.45) is 4.99. The van der Waals surface area contributed by atoms with E-state index in [1.165, 1.54) is 0 Å². The Hall–Kier alpha value is -1.46. The van der Waals surface area contributed by atoms with Gasteiger partial charge in [0.2, 0.25) is 0 Å². The lowest BCUT2D eigenvalue weighted by Gasteiger charge is -2.52. The molecule has 28 heavy (non-hydrogen) atoms. The van der Waals surface area contributed by atoms with E-state index in [0.29, 0.717) is 11.8 Å². The molecule has 1 saturated carbocycles. The molecule has 0 radical (unpaired) electrons. The van der Waals surface area contributed by atoms with Crippen molar-refractivity contribution in [2.75, 3.05) is 39.3 Å². The molecule has 6 nitrogen and oxygen atoms in total. The summed E-state index contributed by atoms with van der Waals surface area (Å²) in [6, 6.07) is 0.122. The van der Waals surface area contributed by atoms with Crippen molar-refractivity contribution in [3.8, 4) is 0 Å². The number of urea groups is 2. The zero-order valence-electron chi connectivity index (χ0n) is 19.1. The Morgan fingerprint density at radius 3 is 1.32 bits per heavy atom. The van der Waals surface area contributed by atoms with Gasteiger partial charge in [-0.05, 0) is 49.4 Å². The van der Waals surface area contributed by atoms with Crippen molar-refractivity contribution in [2.45, 2.75) is 73.6 Å². The molecule has 0 aromatic rings. The van der Waals surface area contributed by atoms with Crippen LogP contribution in [-0.4, -0.2) is 61.1 Å². The van der Waals surface area contributed by atoms with Gasteiger partial charge in [0.15, 0.2) is 0 Å². The average Bonchev–Trinajstić information content (AvgIpc) is 2.65. The Morgan fingerprint density at radius 1 is 0.750 bits per heavy atom. The van der Waals surface area contributed by atoms with Crippen LogP contribution in [0.3, 0.4) is 0 Å². The molecule has 164 valence electrons. The van der Waals surface area contributed by atoms with Crippen LogP contribution < -0.4 is 10.6 Å². The lowest BCUT2D eigenvalue weighted by atomic mass is 9.54. The molecule has 0 heterocycles. The van der Waals surface area contributed by atoms with Crippen molar-refractivity contribution in [1.82, 2.24) is 20.4 Å². The number of rotatable bonds is 12. The molecule has 0 aliphatic heterocycles. The number of nitrogens with zero attached hydrogens (tertiary/aromatic N) is 2. The van der Waals surface area contributed by atoms with Crippen molar-refractivity contribution in [3.63, 3.8) is 0 Å². The van der Waals surface area contributed by atoms with Crippen molar-refractivity contribution in [1.29, 1.82) is 0 Å². The van der Waals surface area contributed by atoms with Gasteiger partial charge in [-0.2, -0.15) is 0 Å². The van der Waals surface area contributed by atoms with E-state index in [1.807, 2.05) is 9.80 Å². The average molecular weight is 397 g/mol. The molecule has 0 aromatic carbocycles. The van der Waals surface area contributed by atoms with Crippen LogP contribution in [0.4, 0.5) is 9.59 Å². The summed E-state index contributed by atoms with van der Waals surface area (Å²) in [5.41, 5.74) is 0.126. The third-order valence-electron chi connectivity index (χ3n) is 6.22. The Balaban J connectivity index is 2.43. The van der Waals surface area contributed by atoms with Crippen LogP contribution in [0.25, 0.3) is 0 Å². The summed E-state index contributed by atoms with van der Waals surface area (Å²) in [5.74, 6) is 0.927. The first kappa shape index (κ1) is 24.6. The Morgan fingerprint density at radius 2 is 1.07 bits per heavy atom. The largest absolute Gasteiger partial charge is 0.338 e. The van der Waals surface area contributed by atoms with E-state index in [4.69, 9.17) is 0 Å². The topological polar surface area (TPSA) is 64.7 Å². The van der Waals surface area contributed by atoms with Crippen LogP contribution in [0, 0.1) is 17.3 Å². The lowest BCUT2D eigenvalue weighted by Crippen LogP contribution is -2.55. The summed E-state index contributed by atoms with van der Waals surface area (Å²) in [6.45, 7) is 17.6. The maximum absolute atomic E-state index is 12.4. The fraction of sp³-hybridized carbons (Fsp3) is 0.909. The second-order valence-electron chi connectivity index (χ2n) is 8.80. The Bertz CT molecular complexity index is 429. The van der Waals surface area contributed by atoms with Gasteiger partial charge in [0.25, 0.3) is 0 Å². The van der Waals surface area contributed by atoms with Crippen LogP contribution in [0.15, 0.2) is 0 Å². The van der Waals surface area contributed by atoms with Crippen molar-refractivity contribution in [3.05, 3.63) is 0 Å². The third kappa shape index (κ3) is 6.85. The molecule has 1 aliphatic carbocycles. The number of carbonyl (C=O) groups is 2. The molecular formula is C22H44N4O2. The van der Waals surface area contributed by atoms with E-state index in [2.05, 4.69) is 52.2 Å². The second-order valence-corrected chi connectivity index (χ2v) is 8.80. The van der Waals surface area contributed by atoms with Gasteiger partial charge in [-0.3, -0.25) is 0 Å². The van der Waals surface area contributed by atoms with E-state index in [0.717, 1.165) is 71.4 Å². The highest BCUT2D eigenvalue weighted by Crippen LogP contribution is 2.50. The summed E-state index contributed by atoms with van der Waals surface area (Å²) in [7, 11) is 0. The summed E-state index contributed by atoms with van der Waals surface area (Å²) < 4.78 is 0. The molecule has 4 amide bonds. The van der Waals surface area contributed by atoms with E-state index in [-0.39, 0.29) is 17.5 Å². The Kier molecular flexibility index (Phi) is 10.7. The predicted octanol–water partition coefficient (Wildman–Crippen LogP) is 4.31.